The molecule has 0 saturated heterocycles. The molecule has 0 radical (unpaired) electrons. The first kappa shape index (κ1) is 15.4. The first-order chi connectivity index (χ1) is 9.34. The Balaban J connectivity index is 0.00000147. The summed E-state index contributed by atoms with van der Waals surface area (Å²) in [6.45, 7) is 0. The van der Waals surface area contributed by atoms with Gasteiger partial charge in [-0.3, -0.25) is 4.98 Å². The molecule has 0 spiro atoms. The molecule has 94 valence electrons. The van der Waals surface area contributed by atoms with E-state index in [0.717, 1.165) is 22.3 Å². The molecule has 0 atom stereocenters. The summed E-state index contributed by atoms with van der Waals surface area (Å²) >= 11 is 0. The Bertz CT molecular complexity index is 681. The maximum atomic E-state index is 9.84. The van der Waals surface area contributed by atoms with Crippen molar-refractivity contribution in [3.63, 3.8) is 0 Å². The van der Waals surface area contributed by atoms with Crippen molar-refractivity contribution >= 4 is 51.4 Å². The summed E-state index contributed by atoms with van der Waals surface area (Å²) in [7, 11) is 0. The van der Waals surface area contributed by atoms with E-state index in [4.69, 9.17) is 0 Å². The molecule has 0 aliphatic rings. The zero-order chi connectivity index (χ0) is 13.1. The number of benzene rings is 2. The second-order valence-corrected chi connectivity index (χ2v) is 4.34. The van der Waals surface area contributed by atoms with Crippen molar-refractivity contribution in [1.82, 2.24) is 4.98 Å². The van der Waals surface area contributed by atoms with Crippen molar-refractivity contribution in [3.05, 3.63) is 73.1 Å². The van der Waals surface area contributed by atoms with Crippen LogP contribution in [0.3, 0.4) is 0 Å². The van der Waals surface area contributed by atoms with Crippen LogP contribution in [0.2, 0.25) is 0 Å². The molecule has 2 nitrogen and oxygen atoms in total. The topological polar surface area (TPSA) is 33.1 Å². The molecule has 1 aromatic heterocycles. The van der Waals surface area contributed by atoms with Crippen molar-refractivity contribution < 1.29 is 5.11 Å². The Morgan fingerprint density at radius 3 is 2.05 bits per heavy atom. The number of pyridine rings is 1. The van der Waals surface area contributed by atoms with E-state index in [-0.39, 0.29) is 51.4 Å². The molecule has 0 amide bonds. The van der Waals surface area contributed by atoms with Crippen LogP contribution in [0.1, 0.15) is 0 Å². The summed E-state index contributed by atoms with van der Waals surface area (Å²) in [5, 5.41) is 9.84. The Labute approximate surface area is 160 Å². The Morgan fingerprint density at radius 1 is 0.700 bits per heavy atom. The van der Waals surface area contributed by atoms with E-state index in [1.165, 1.54) is 0 Å². The third-order valence-corrected chi connectivity index (χ3v) is 3.09. The van der Waals surface area contributed by atoms with Gasteiger partial charge in [-0.2, -0.15) is 0 Å². The fraction of sp³-hybridized carbons (Fsp3) is 0. The first-order valence-electron chi connectivity index (χ1n) is 6.13. The van der Waals surface area contributed by atoms with E-state index in [1.807, 2.05) is 60.8 Å². The number of rotatable bonds is 2. The second kappa shape index (κ2) is 7.15. The van der Waals surface area contributed by atoms with Gasteiger partial charge in [0.25, 0.3) is 0 Å². The monoisotopic (exact) mass is 287 g/mol. The molecule has 1 heterocycles. The number of aromatic hydroxyl groups is 1. The third-order valence-electron chi connectivity index (χ3n) is 3.09. The van der Waals surface area contributed by atoms with E-state index in [0.29, 0.717) is 5.75 Å². The van der Waals surface area contributed by atoms with Crippen LogP contribution in [0.25, 0.3) is 22.3 Å². The van der Waals surface area contributed by atoms with Gasteiger partial charge in [-0.05, 0) is 28.8 Å². The predicted octanol–water partition coefficient (Wildman–Crippen LogP) is 3.47. The summed E-state index contributed by atoms with van der Waals surface area (Å²) in [6.07, 6.45) is 3.61. The molecule has 0 aliphatic carbocycles. The minimum atomic E-state index is 0. The van der Waals surface area contributed by atoms with Gasteiger partial charge < -0.3 is 5.11 Å². The molecular formula is C17H14KNO. The van der Waals surface area contributed by atoms with E-state index in [1.54, 1.807) is 12.3 Å². The van der Waals surface area contributed by atoms with Crippen LogP contribution in [0.5, 0.6) is 5.75 Å². The maximum absolute atomic E-state index is 9.84. The van der Waals surface area contributed by atoms with Crippen LogP contribution in [-0.4, -0.2) is 61.5 Å². The van der Waals surface area contributed by atoms with Crippen LogP contribution in [0, 0.1) is 0 Å². The summed E-state index contributed by atoms with van der Waals surface area (Å²) in [5.74, 6) is 0.302. The number of phenols is 1. The van der Waals surface area contributed by atoms with Crippen LogP contribution in [-0.2, 0) is 0 Å². The van der Waals surface area contributed by atoms with Crippen LogP contribution in [0.15, 0.2) is 73.1 Å². The fourth-order valence-electron chi connectivity index (χ4n) is 2.09. The average molecular weight is 287 g/mol. The standard InChI is InChI=1S/C17H13NO.K.H/c19-17-6-2-1-5-16(17)14-9-7-13(8-10-14)15-4-3-11-18-12-15;;/h1-12,19H;;. The summed E-state index contributed by atoms with van der Waals surface area (Å²) in [4.78, 5) is 4.12. The molecule has 0 saturated carbocycles. The van der Waals surface area contributed by atoms with E-state index in [9.17, 15) is 5.11 Å². The van der Waals surface area contributed by atoms with Gasteiger partial charge >= 0.3 is 51.4 Å². The average Bonchev–Trinajstić information content (AvgIpc) is 2.49. The number of para-hydroxylation sites is 1. The first-order valence-corrected chi connectivity index (χ1v) is 6.13. The van der Waals surface area contributed by atoms with Gasteiger partial charge in [-0.1, -0.05) is 48.5 Å². The molecule has 0 fully saturated rings. The quantitative estimate of drug-likeness (QED) is 0.732. The number of aromatic nitrogens is 1. The van der Waals surface area contributed by atoms with Crippen molar-refractivity contribution in [1.29, 1.82) is 0 Å². The van der Waals surface area contributed by atoms with Crippen molar-refractivity contribution in [2.75, 3.05) is 0 Å². The fourth-order valence-corrected chi connectivity index (χ4v) is 2.09. The molecule has 20 heavy (non-hydrogen) atoms. The number of nitrogens with zero attached hydrogens (tertiary/aromatic N) is 1. The molecule has 0 bridgehead atoms. The molecule has 0 unspecified atom stereocenters. The van der Waals surface area contributed by atoms with E-state index in [2.05, 4.69) is 4.98 Å². The van der Waals surface area contributed by atoms with Crippen LogP contribution < -0.4 is 0 Å². The molecule has 3 rings (SSSR count). The summed E-state index contributed by atoms with van der Waals surface area (Å²) in [6, 6.07) is 19.4. The van der Waals surface area contributed by atoms with Gasteiger partial charge in [0, 0.05) is 18.0 Å². The van der Waals surface area contributed by atoms with E-state index >= 15 is 0 Å². The molecule has 0 aliphatic heterocycles. The molecule has 2 aromatic carbocycles. The summed E-state index contributed by atoms with van der Waals surface area (Å²) < 4.78 is 0. The van der Waals surface area contributed by atoms with E-state index < -0.39 is 0 Å². The Morgan fingerprint density at radius 2 is 1.40 bits per heavy atom. The zero-order valence-electron chi connectivity index (χ0n) is 10.3. The van der Waals surface area contributed by atoms with Crippen molar-refractivity contribution in [2.24, 2.45) is 0 Å². The molecule has 3 aromatic rings. The third kappa shape index (κ3) is 3.37. The van der Waals surface area contributed by atoms with Gasteiger partial charge in [0.15, 0.2) is 0 Å². The molecule has 3 heteroatoms. The van der Waals surface area contributed by atoms with Crippen LogP contribution in [0.4, 0.5) is 0 Å². The van der Waals surface area contributed by atoms with Gasteiger partial charge in [0.05, 0.1) is 0 Å². The number of hydrogen-bond donors (Lipinski definition) is 1. The zero-order valence-corrected chi connectivity index (χ0v) is 10.3. The summed E-state index contributed by atoms with van der Waals surface area (Å²) in [5.41, 5.74) is 4.06. The van der Waals surface area contributed by atoms with Gasteiger partial charge in [0.2, 0.25) is 0 Å². The molecular weight excluding hydrogens is 273 g/mol. The molecule has 1 N–H and O–H groups in total. The number of phenolic OH excluding ortho intramolecular Hbond substituents is 1. The second-order valence-electron chi connectivity index (χ2n) is 4.34. The SMILES string of the molecule is Oc1ccccc1-c1ccc(-c2cccnc2)cc1.[KH]. The predicted molar refractivity (Wildman–Crippen MR) is 83.9 cm³/mol. The van der Waals surface area contributed by atoms with Crippen molar-refractivity contribution in [2.45, 2.75) is 0 Å². The van der Waals surface area contributed by atoms with Gasteiger partial charge in [0.1, 0.15) is 5.75 Å². The minimum absolute atomic E-state index is 0. The number of hydrogen-bond acceptors (Lipinski definition) is 2. The Kier molecular flexibility index (Phi) is 5.51. The van der Waals surface area contributed by atoms with Gasteiger partial charge in [-0.25, -0.2) is 0 Å². The van der Waals surface area contributed by atoms with Crippen molar-refractivity contribution in [3.8, 4) is 28.0 Å². The van der Waals surface area contributed by atoms with Crippen LogP contribution >= 0.6 is 0 Å². The Hall–Kier alpha value is -0.974. The van der Waals surface area contributed by atoms with Gasteiger partial charge in [-0.15, -0.1) is 0 Å². The normalized spacial score (nSPS) is 9.80.